The lowest BCUT2D eigenvalue weighted by Crippen LogP contribution is -2.43. The molecule has 0 aromatic heterocycles. The summed E-state index contributed by atoms with van der Waals surface area (Å²) in [7, 11) is 0. The van der Waals surface area contributed by atoms with Crippen LogP contribution in [0.4, 0.5) is 0 Å². The van der Waals surface area contributed by atoms with E-state index in [1.807, 2.05) is 13.8 Å². The van der Waals surface area contributed by atoms with Gasteiger partial charge in [-0.3, -0.25) is 9.59 Å². The summed E-state index contributed by atoms with van der Waals surface area (Å²) in [6, 6.07) is 0. The summed E-state index contributed by atoms with van der Waals surface area (Å²) < 4.78 is 0. The fraction of sp³-hybridized carbons (Fsp3) is 0.846. The summed E-state index contributed by atoms with van der Waals surface area (Å²) in [6.07, 6.45) is 3.13. The molecule has 0 aliphatic carbocycles. The van der Waals surface area contributed by atoms with E-state index in [9.17, 15) is 9.59 Å². The van der Waals surface area contributed by atoms with E-state index in [0.717, 1.165) is 25.9 Å². The van der Waals surface area contributed by atoms with Crippen molar-refractivity contribution in [3.8, 4) is 0 Å². The maximum atomic E-state index is 11.8. The van der Waals surface area contributed by atoms with Crippen LogP contribution in [-0.2, 0) is 9.59 Å². The van der Waals surface area contributed by atoms with Gasteiger partial charge in [0.1, 0.15) is 0 Å². The van der Waals surface area contributed by atoms with Crippen LogP contribution in [-0.4, -0.2) is 35.6 Å². The number of nitrogens with one attached hydrogen (secondary N) is 2. The second kappa shape index (κ2) is 6.73. The van der Waals surface area contributed by atoms with Crippen LogP contribution < -0.4 is 10.6 Å². The van der Waals surface area contributed by atoms with Crippen LogP contribution in [0.3, 0.4) is 0 Å². The van der Waals surface area contributed by atoms with Crippen LogP contribution in [0, 0.1) is 5.92 Å². The average Bonchev–Trinajstić information content (AvgIpc) is 2.76. The highest BCUT2D eigenvalue weighted by molar-refractivity contribution is 5.76. The summed E-state index contributed by atoms with van der Waals surface area (Å²) >= 11 is 0. The molecule has 1 fully saturated rings. The van der Waals surface area contributed by atoms with Crippen molar-refractivity contribution in [1.29, 1.82) is 0 Å². The fourth-order valence-corrected chi connectivity index (χ4v) is 2.22. The summed E-state index contributed by atoms with van der Waals surface area (Å²) in [5, 5.41) is 14.8. The molecule has 5 nitrogen and oxygen atoms in total. The molecule has 5 heteroatoms. The van der Waals surface area contributed by atoms with Crippen molar-refractivity contribution < 1.29 is 14.7 Å². The van der Waals surface area contributed by atoms with Crippen LogP contribution in [0.25, 0.3) is 0 Å². The first-order valence-electron chi connectivity index (χ1n) is 6.62. The topological polar surface area (TPSA) is 78.4 Å². The summed E-state index contributed by atoms with van der Waals surface area (Å²) in [4.78, 5) is 22.3. The van der Waals surface area contributed by atoms with Gasteiger partial charge in [0.25, 0.3) is 0 Å². The Morgan fingerprint density at radius 3 is 2.67 bits per heavy atom. The number of hydrogen-bond donors (Lipinski definition) is 3. The zero-order valence-electron chi connectivity index (χ0n) is 11.3. The maximum Gasteiger partial charge on any atom is 0.303 e. The first-order valence-corrected chi connectivity index (χ1v) is 6.62. The molecule has 1 atom stereocenters. The Hall–Kier alpha value is -1.10. The first kappa shape index (κ1) is 15.0. The van der Waals surface area contributed by atoms with Gasteiger partial charge in [0.2, 0.25) is 5.91 Å². The smallest absolute Gasteiger partial charge is 0.303 e. The lowest BCUT2D eigenvalue weighted by atomic mass is 9.97. The Morgan fingerprint density at radius 1 is 1.39 bits per heavy atom. The van der Waals surface area contributed by atoms with Gasteiger partial charge in [0, 0.05) is 18.4 Å². The minimum absolute atomic E-state index is 0.0253. The Morgan fingerprint density at radius 2 is 2.11 bits per heavy atom. The minimum atomic E-state index is -0.825. The third-order valence-electron chi connectivity index (χ3n) is 3.38. The van der Waals surface area contributed by atoms with Gasteiger partial charge in [-0.05, 0) is 52.1 Å². The number of carbonyl (C=O) groups is 2. The minimum Gasteiger partial charge on any atom is -0.481 e. The highest BCUT2D eigenvalue weighted by Crippen LogP contribution is 2.16. The van der Waals surface area contributed by atoms with Crippen molar-refractivity contribution in [3.63, 3.8) is 0 Å². The standard InChI is InChI=1S/C13H24N2O3/c1-13(2,7-5-12(17)18)15-11(16)4-3-10-6-8-14-9-10/h10,14H,3-9H2,1-2H3,(H,15,16)(H,17,18). The second-order valence-electron chi connectivity index (χ2n) is 5.72. The van der Waals surface area contributed by atoms with E-state index >= 15 is 0 Å². The molecule has 0 spiro atoms. The van der Waals surface area contributed by atoms with Crippen molar-refractivity contribution in [2.75, 3.05) is 13.1 Å². The molecule has 0 radical (unpaired) electrons. The van der Waals surface area contributed by atoms with Gasteiger partial charge in [0.05, 0.1) is 0 Å². The monoisotopic (exact) mass is 256 g/mol. The number of carboxylic acids is 1. The molecule has 0 saturated carbocycles. The average molecular weight is 256 g/mol. The Bertz CT molecular complexity index is 297. The molecule has 1 rings (SSSR count). The highest BCUT2D eigenvalue weighted by Gasteiger charge is 2.22. The van der Waals surface area contributed by atoms with Crippen molar-refractivity contribution in [1.82, 2.24) is 10.6 Å². The lowest BCUT2D eigenvalue weighted by Gasteiger charge is -2.26. The number of hydrogen-bond acceptors (Lipinski definition) is 3. The third-order valence-corrected chi connectivity index (χ3v) is 3.38. The fourth-order valence-electron chi connectivity index (χ4n) is 2.22. The maximum absolute atomic E-state index is 11.8. The molecule has 0 aromatic rings. The molecule has 18 heavy (non-hydrogen) atoms. The molecule has 1 unspecified atom stereocenters. The van der Waals surface area contributed by atoms with Gasteiger partial charge in [0.15, 0.2) is 0 Å². The Balaban J connectivity index is 2.22. The molecule has 1 aliphatic heterocycles. The van der Waals surface area contributed by atoms with E-state index in [0.29, 0.717) is 18.8 Å². The van der Waals surface area contributed by atoms with Crippen molar-refractivity contribution >= 4 is 11.9 Å². The molecular weight excluding hydrogens is 232 g/mol. The predicted octanol–water partition coefficient (Wildman–Crippen LogP) is 1.14. The number of aliphatic carboxylic acids is 1. The molecule has 0 aromatic carbocycles. The zero-order chi connectivity index (χ0) is 13.6. The van der Waals surface area contributed by atoms with Gasteiger partial charge in [-0.1, -0.05) is 0 Å². The quantitative estimate of drug-likeness (QED) is 0.638. The molecule has 1 amide bonds. The Labute approximate surface area is 108 Å². The third kappa shape index (κ3) is 6.00. The van der Waals surface area contributed by atoms with Gasteiger partial charge in [-0.15, -0.1) is 0 Å². The van der Waals surface area contributed by atoms with E-state index in [4.69, 9.17) is 5.11 Å². The first-order chi connectivity index (χ1) is 8.39. The molecule has 1 saturated heterocycles. The SMILES string of the molecule is CC(C)(CCC(=O)O)NC(=O)CCC1CCNC1. The van der Waals surface area contributed by atoms with Gasteiger partial charge in [-0.2, -0.15) is 0 Å². The molecule has 104 valence electrons. The van der Waals surface area contributed by atoms with Crippen molar-refractivity contribution in [3.05, 3.63) is 0 Å². The number of carboxylic acid groups (broad SMARTS) is 1. The summed E-state index contributed by atoms with van der Waals surface area (Å²) in [5.74, 6) is -0.190. The lowest BCUT2D eigenvalue weighted by molar-refractivity contribution is -0.137. The van der Waals surface area contributed by atoms with Crippen LogP contribution in [0.5, 0.6) is 0 Å². The summed E-state index contributed by atoms with van der Waals surface area (Å²) in [5.41, 5.74) is -0.441. The normalized spacial score (nSPS) is 19.8. The molecular formula is C13H24N2O3. The van der Waals surface area contributed by atoms with E-state index in [2.05, 4.69) is 10.6 Å². The molecule has 1 heterocycles. The largest absolute Gasteiger partial charge is 0.481 e. The van der Waals surface area contributed by atoms with E-state index in [1.54, 1.807) is 0 Å². The molecule has 1 aliphatic rings. The summed E-state index contributed by atoms with van der Waals surface area (Å²) in [6.45, 7) is 5.79. The highest BCUT2D eigenvalue weighted by atomic mass is 16.4. The van der Waals surface area contributed by atoms with Crippen LogP contribution >= 0.6 is 0 Å². The van der Waals surface area contributed by atoms with Crippen molar-refractivity contribution in [2.24, 2.45) is 5.92 Å². The van der Waals surface area contributed by atoms with E-state index < -0.39 is 11.5 Å². The number of rotatable bonds is 7. The molecule has 0 bridgehead atoms. The van der Waals surface area contributed by atoms with E-state index in [-0.39, 0.29) is 12.3 Å². The van der Waals surface area contributed by atoms with Crippen LogP contribution in [0.1, 0.15) is 46.0 Å². The predicted molar refractivity (Wildman–Crippen MR) is 69.3 cm³/mol. The number of amides is 1. The number of carbonyl (C=O) groups excluding carboxylic acids is 1. The van der Waals surface area contributed by atoms with Crippen LogP contribution in [0.2, 0.25) is 0 Å². The zero-order valence-corrected chi connectivity index (χ0v) is 11.3. The second-order valence-corrected chi connectivity index (χ2v) is 5.72. The van der Waals surface area contributed by atoms with Gasteiger partial charge < -0.3 is 15.7 Å². The van der Waals surface area contributed by atoms with Crippen molar-refractivity contribution in [2.45, 2.75) is 51.5 Å². The van der Waals surface area contributed by atoms with Crippen LogP contribution in [0.15, 0.2) is 0 Å². The van der Waals surface area contributed by atoms with E-state index in [1.165, 1.54) is 0 Å². The Kier molecular flexibility index (Phi) is 5.59. The van der Waals surface area contributed by atoms with Gasteiger partial charge >= 0.3 is 5.97 Å². The van der Waals surface area contributed by atoms with Gasteiger partial charge in [-0.25, -0.2) is 0 Å². The molecule has 3 N–H and O–H groups in total.